The van der Waals surface area contributed by atoms with Gasteiger partial charge in [0.1, 0.15) is 5.82 Å². The Morgan fingerprint density at radius 3 is 2.71 bits per heavy atom. The van der Waals surface area contributed by atoms with Gasteiger partial charge in [0.05, 0.1) is 0 Å². The molecule has 7 heteroatoms. The highest BCUT2D eigenvalue weighted by molar-refractivity contribution is 7.09. The number of aryl methyl sites for hydroxylation is 2. The maximum absolute atomic E-state index is 12.8. The number of hydrogen-bond acceptors (Lipinski definition) is 5. The minimum absolute atomic E-state index is 0.0348. The zero-order valence-electron chi connectivity index (χ0n) is 18.2. The minimum Gasteiger partial charge on any atom is -0.345 e. The highest BCUT2D eigenvalue weighted by Gasteiger charge is 2.21. The van der Waals surface area contributed by atoms with Crippen molar-refractivity contribution in [2.75, 3.05) is 36.4 Å². The Bertz CT molecular complexity index is 1020. The van der Waals surface area contributed by atoms with Crippen LogP contribution in [-0.2, 0) is 12.8 Å². The van der Waals surface area contributed by atoms with Crippen LogP contribution in [0.3, 0.4) is 0 Å². The van der Waals surface area contributed by atoms with Crippen molar-refractivity contribution in [1.82, 2.24) is 14.3 Å². The van der Waals surface area contributed by atoms with E-state index in [2.05, 4.69) is 58.8 Å². The number of anilines is 2. The monoisotopic (exact) mass is 435 g/mol. The summed E-state index contributed by atoms with van der Waals surface area (Å²) in [7, 11) is 0. The van der Waals surface area contributed by atoms with Crippen LogP contribution in [0.1, 0.15) is 35.9 Å². The third kappa shape index (κ3) is 5.61. The SMILES string of the molecule is CCc1cccc(NC(=O)N2CCCN(c3nc(Cc4ccc(C)cc4)ns3)CC2)c1. The molecule has 4 rings (SSSR count). The number of benzene rings is 2. The van der Waals surface area contributed by atoms with Crippen molar-refractivity contribution in [3.63, 3.8) is 0 Å². The predicted octanol–water partition coefficient (Wildman–Crippen LogP) is 4.74. The molecule has 0 aliphatic carbocycles. The van der Waals surface area contributed by atoms with Gasteiger partial charge in [-0.25, -0.2) is 9.78 Å². The molecule has 0 atom stereocenters. The first-order chi connectivity index (χ1) is 15.1. The molecule has 0 saturated carbocycles. The van der Waals surface area contributed by atoms with E-state index in [0.29, 0.717) is 6.54 Å². The Morgan fingerprint density at radius 2 is 1.90 bits per heavy atom. The van der Waals surface area contributed by atoms with Crippen LogP contribution >= 0.6 is 11.5 Å². The van der Waals surface area contributed by atoms with Crippen LogP contribution in [0.2, 0.25) is 0 Å². The highest BCUT2D eigenvalue weighted by atomic mass is 32.1. The summed E-state index contributed by atoms with van der Waals surface area (Å²) in [6.07, 6.45) is 2.61. The third-order valence-corrected chi connectivity index (χ3v) is 6.40. The van der Waals surface area contributed by atoms with Crippen molar-refractivity contribution < 1.29 is 4.79 Å². The standard InChI is InChI=1S/C24H29N5OS/c1-3-19-6-4-7-21(16-19)25-23(30)28-12-5-13-29(15-14-28)24-26-22(27-31-24)17-20-10-8-18(2)9-11-20/h4,6-11,16H,3,5,12-15,17H2,1-2H3,(H,25,30). The molecule has 1 N–H and O–H groups in total. The summed E-state index contributed by atoms with van der Waals surface area (Å²) < 4.78 is 4.56. The summed E-state index contributed by atoms with van der Waals surface area (Å²) in [5.74, 6) is 0.860. The lowest BCUT2D eigenvalue weighted by Crippen LogP contribution is -2.38. The molecule has 1 aliphatic rings. The Labute approximate surface area is 188 Å². The molecule has 2 heterocycles. The predicted molar refractivity (Wildman–Crippen MR) is 127 cm³/mol. The Balaban J connectivity index is 1.34. The molecule has 6 nitrogen and oxygen atoms in total. The molecule has 162 valence electrons. The fourth-order valence-electron chi connectivity index (χ4n) is 3.72. The number of carbonyl (C=O) groups excluding carboxylic acids is 1. The molecule has 1 saturated heterocycles. The van der Waals surface area contributed by atoms with E-state index in [1.807, 2.05) is 23.1 Å². The second kappa shape index (κ2) is 9.92. The fraction of sp³-hybridized carbons (Fsp3) is 0.375. The number of hydrogen-bond donors (Lipinski definition) is 1. The van der Waals surface area contributed by atoms with Crippen LogP contribution in [0, 0.1) is 6.92 Å². The Hall–Kier alpha value is -2.93. The number of amides is 2. The smallest absolute Gasteiger partial charge is 0.321 e. The van der Waals surface area contributed by atoms with E-state index in [0.717, 1.165) is 55.5 Å². The van der Waals surface area contributed by atoms with Crippen LogP contribution in [0.25, 0.3) is 0 Å². The summed E-state index contributed by atoms with van der Waals surface area (Å²) in [6, 6.07) is 16.5. The lowest BCUT2D eigenvalue weighted by atomic mass is 10.1. The van der Waals surface area contributed by atoms with Crippen LogP contribution < -0.4 is 10.2 Å². The number of nitrogens with zero attached hydrogens (tertiary/aromatic N) is 4. The van der Waals surface area contributed by atoms with Crippen molar-refractivity contribution in [2.24, 2.45) is 0 Å². The maximum Gasteiger partial charge on any atom is 0.321 e. The van der Waals surface area contributed by atoms with E-state index in [9.17, 15) is 4.79 Å². The van der Waals surface area contributed by atoms with E-state index in [1.54, 1.807) is 0 Å². The molecular formula is C24H29N5OS. The van der Waals surface area contributed by atoms with Crippen LogP contribution in [-0.4, -0.2) is 46.5 Å². The van der Waals surface area contributed by atoms with Crippen molar-refractivity contribution in [1.29, 1.82) is 0 Å². The van der Waals surface area contributed by atoms with Gasteiger partial charge in [0.15, 0.2) is 0 Å². The maximum atomic E-state index is 12.8. The Kier molecular flexibility index (Phi) is 6.82. The van der Waals surface area contributed by atoms with Crippen molar-refractivity contribution in [3.8, 4) is 0 Å². The van der Waals surface area contributed by atoms with E-state index in [1.165, 1.54) is 28.2 Å². The van der Waals surface area contributed by atoms with E-state index in [-0.39, 0.29) is 6.03 Å². The van der Waals surface area contributed by atoms with Gasteiger partial charge in [0.25, 0.3) is 0 Å². The van der Waals surface area contributed by atoms with E-state index < -0.39 is 0 Å². The number of carbonyl (C=O) groups is 1. The molecule has 1 aromatic heterocycles. The molecule has 31 heavy (non-hydrogen) atoms. The average Bonchev–Trinajstić information content (AvgIpc) is 3.10. The molecule has 1 fully saturated rings. The number of rotatable bonds is 5. The van der Waals surface area contributed by atoms with Gasteiger partial charge in [-0.15, -0.1) is 0 Å². The molecule has 2 aromatic carbocycles. The molecule has 0 radical (unpaired) electrons. The molecule has 0 bridgehead atoms. The van der Waals surface area contributed by atoms with Gasteiger partial charge in [-0.05, 0) is 43.0 Å². The van der Waals surface area contributed by atoms with Gasteiger partial charge in [-0.3, -0.25) is 0 Å². The first-order valence-electron chi connectivity index (χ1n) is 10.9. The molecule has 0 unspecified atom stereocenters. The third-order valence-electron chi connectivity index (χ3n) is 5.58. The first-order valence-corrected chi connectivity index (χ1v) is 11.7. The lowest BCUT2D eigenvalue weighted by Gasteiger charge is -2.22. The highest BCUT2D eigenvalue weighted by Crippen LogP contribution is 2.21. The van der Waals surface area contributed by atoms with Gasteiger partial charge in [-0.2, -0.15) is 4.37 Å². The molecular weight excluding hydrogens is 406 g/mol. The molecule has 3 aromatic rings. The van der Waals surface area contributed by atoms with E-state index >= 15 is 0 Å². The second-order valence-electron chi connectivity index (χ2n) is 7.97. The van der Waals surface area contributed by atoms with Crippen LogP contribution in [0.15, 0.2) is 48.5 Å². The molecule has 1 aliphatic heterocycles. The minimum atomic E-state index is -0.0348. The summed E-state index contributed by atoms with van der Waals surface area (Å²) in [5, 5.41) is 3.99. The Morgan fingerprint density at radius 1 is 1.06 bits per heavy atom. The quantitative estimate of drug-likeness (QED) is 0.629. The van der Waals surface area contributed by atoms with Gasteiger partial charge >= 0.3 is 6.03 Å². The van der Waals surface area contributed by atoms with Crippen LogP contribution in [0.4, 0.5) is 15.6 Å². The van der Waals surface area contributed by atoms with Crippen LogP contribution in [0.5, 0.6) is 0 Å². The topological polar surface area (TPSA) is 61.4 Å². The average molecular weight is 436 g/mol. The normalized spacial score (nSPS) is 14.4. The van der Waals surface area contributed by atoms with Gasteiger partial charge < -0.3 is 15.1 Å². The van der Waals surface area contributed by atoms with Crippen molar-refractivity contribution >= 4 is 28.4 Å². The van der Waals surface area contributed by atoms with E-state index in [4.69, 9.17) is 4.98 Å². The number of nitrogens with one attached hydrogen (secondary N) is 1. The zero-order valence-corrected chi connectivity index (χ0v) is 19.0. The largest absolute Gasteiger partial charge is 0.345 e. The lowest BCUT2D eigenvalue weighted by molar-refractivity contribution is 0.215. The second-order valence-corrected chi connectivity index (χ2v) is 8.70. The summed E-state index contributed by atoms with van der Waals surface area (Å²) in [5.41, 5.74) is 4.56. The summed E-state index contributed by atoms with van der Waals surface area (Å²) in [4.78, 5) is 21.7. The number of aromatic nitrogens is 2. The van der Waals surface area contributed by atoms with Crippen molar-refractivity contribution in [2.45, 2.75) is 33.1 Å². The van der Waals surface area contributed by atoms with Gasteiger partial charge in [0.2, 0.25) is 5.13 Å². The van der Waals surface area contributed by atoms with Gasteiger partial charge in [0, 0.05) is 49.8 Å². The first kappa shape index (κ1) is 21.3. The summed E-state index contributed by atoms with van der Waals surface area (Å²) >= 11 is 1.45. The zero-order chi connectivity index (χ0) is 21.6. The number of urea groups is 1. The molecule has 0 spiro atoms. The fourth-order valence-corrected chi connectivity index (χ4v) is 4.45. The molecule has 2 amide bonds. The van der Waals surface area contributed by atoms with Gasteiger partial charge in [-0.1, -0.05) is 48.9 Å². The van der Waals surface area contributed by atoms with Crippen molar-refractivity contribution in [3.05, 3.63) is 71.0 Å². The summed E-state index contributed by atoms with van der Waals surface area (Å²) in [6.45, 7) is 7.27.